The summed E-state index contributed by atoms with van der Waals surface area (Å²) in [5.74, 6) is 1.20. The molecule has 2 aliphatic heterocycles. The third-order valence-electron chi connectivity index (χ3n) is 7.25. The number of ether oxygens (including phenoxy) is 4. The summed E-state index contributed by atoms with van der Waals surface area (Å²) in [5, 5.41) is 7.15. The van der Waals surface area contributed by atoms with Gasteiger partial charge in [-0.05, 0) is 31.0 Å². The molecule has 1 saturated heterocycles. The van der Waals surface area contributed by atoms with Gasteiger partial charge < -0.3 is 34.6 Å². The number of para-hydroxylation sites is 1. The van der Waals surface area contributed by atoms with Crippen molar-refractivity contribution in [3.63, 3.8) is 0 Å². The van der Waals surface area contributed by atoms with Crippen LogP contribution in [-0.4, -0.2) is 61.6 Å². The van der Waals surface area contributed by atoms with Crippen LogP contribution in [0.5, 0.6) is 11.5 Å². The molecule has 3 atom stereocenters. The maximum Gasteiger partial charge on any atom is 0.255 e. The summed E-state index contributed by atoms with van der Waals surface area (Å²) in [6, 6.07) is 7.50. The first-order chi connectivity index (χ1) is 18.1. The van der Waals surface area contributed by atoms with Crippen LogP contribution in [-0.2, 0) is 9.47 Å². The van der Waals surface area contributed by atoms with Gasteiger partial charge >= 0.3 is 0 Å². The van der Waals surface area contributed by atoms with Gasteiger partial charge in [-0.1, -0.05) is 24.1 Å². The van der Waals surface area contributed by atoms with Crippen molar-refractivity contribution in [2.45, 2.75) is 37.3 Å². The molecule has 1 aromatic carbocycles. The molecule has 3 N–H and O–H groups in total. The number of fused-ring (bicyclic) bond motifs is 3. The number of H-pyrrole nitrogens is 1. The van der Waals surface area contributed by atoms with Gasteiger partial charge in [0.2, 0.25) is 0 Å². The molecule has 4 heterocycles. The van der Waals surface area contributed by atoms with Crippen LogP contribution in [0.3, 0.4) is 0 Å². The Morgan fingerprint density at radius 1 is 1.24 bits per heavy atom. The molecule has 10 heteroatoms. The zero-order chi connectivity index (χ0) is 25.4. The Morgan fingerprint density at radius 2 is 2.16 bits per heavy atom. The molecular weight excluding hydrogens is 496 g/mol. The van der Waals surface area contributed by atoms with E-state index < -0.39 is 0 Å². The first-order valence-electron chi connectivity index (χ1n) is 12.6. The van der Waals surface area contributed by atoms with E-state index in [1.54, 1.807) is 25.6 Å². The first-order valence-corrected chi connectivity index (χ1v) is 12.9. The summed E-state index contributed by atoms with van der Waals surface area (Å²) in [7, 11) is 1.57. The third-order valence-corrected chi connectivity index (χ3v) is 7.55. The summed E-state index contributed by atoms with van der Waals surface area (Å²) in [4.78, 5) is 21.3. The lowest BCUT2D eigenvalue weighted by Gasteiger charge is -2.27. The molecule has 6 rings (SSSR count). The molecule has 3 aliphatic rings. The van der Waals surface area contributed by atoms with Crippen molar-refractivity contribution >= 4 is 28.9 Å². The SMILES string of the molecule is COc1c(Cl)cccc1Nc1c(-c2ccncc2OC[C@@H]2COCCO2)[nH]c2c1C(=O)N[C@@H]1CCC[C@H]21. The molecule has 1 amide bonds. The van der Waals surface area contributed by atoms with Gasteiger partial charge in [0.05, 0.1) is 60.8 Å². The minimum absolute atomic E-state index is 0.103. The highest BCUT2D eigenvalue weighted by Crippen LogP contribution is 2.48. The Morgan fingerprint density at radius 3 is 3.00 bits per heavy atom. The number of aromatic amines is 1. The van der Waals surface area contributed by atoms with Crippen LogP contribution in [0.2, 0.25) is 5.02 Å². The number of carbonyl (C=O) groups excluding carboxylic acids is 1. The number of rotatable bonds is 7. The Labute approximate surface area is 219 Å². The average molecular weight is 525 g/mol. The highest BCUT2D eigenvalue weighted by molar-refractivity contribution is 6.32. The number of hydrogen-bond acceptors (Lipinski definition) is 7. The van der Waals surface area contributed by atoms with E-state index in [2.05, 4.69) is 20.6 Å². The fourth-order valence-corrected chi connectivity index (χ4v) is 5.80. The standard InChI is InChI=1S/C27H29ClN4O5/c1-34-26-18(28)5-3-7-20(26)30-25-22-23(16-4-2-6-19(16)31-27(22)33)32-24(25)17-8-9-29-12-21(17)37-14-15-13-35-10-11-36-15/h3,5,7-9,12,15-16,19,30,32H,2,4,6,10-11,13-14H2,1H3,(H,31,33)/t15-,16-,19+/m0/s1. The maximum absolute atomic E-state index is 13.4. The third kappa shape index (κ3) is 4.52. The molecule has 0 radical (unpaired) electrons. The highest BCUT2D eigenvalue weighted by atomic mass is 35.5. The summed E-state index contributed by atoms with van der Waals surface area (Å²) in [6.07, 6.45) is 6.29. The lowest BCUT2D eigenvalue weighted by atomic mass is 9.91. The lowest BCUT2D eigenvalue weighted by molar-refractivity contribution is -0.101. The van der Waals surface area contributed by atoms with Gasteiger partial charge in [0.1, 0.15) is 18.5 Å². The molecule has 37 heavy (non-hydrogen) atoms. The molecule has 194 valence electrons. The fraction of sp³-hybridized carbons (Fsp3) is 0.407. The zero-order valence-corrected chi connectivity index (χ0v) is 21.3. The van der Waals surface area contributed by atoms with E-state index in [9.17, 15) is 4.79 Å². The van der Waals surface area contributed by atoms with Gasteiger partial charge in [-0.15, -0.1) is 0 Å². The molecule has 0 bridgehead atoms. The average Bonchev–Trinajstić information content (AvgIpc) is 3.53. The molecule has 0 spiro atoms. The van der Waals surface area contributed by atoms with Crippen LogP contribution < -0.4 is 20.1 Å². The number of carbonyl (C=O) groups is 1. The highest BCUT2D eigenvalue weighted by Gasteiger charge is 2.41. The van der Waals surface area contributed by atoms with Crippen LogP contribution >= 0.6 is 11.6 Å². The van der Waals surface area contributed by atoms with Crippen LogP contribution in [0.15, 0.2) is 36.7 Å². The predicted molar refractivity (Wildman–Crippen MR) is 139 cm³/mol. The van der Waals surface area contributed by atoms with Gasteiger partial charge in [-0.25, -0.2) is 0 Å². The summed E-state index contributed by atoms with van der Waals surface area (Å²) < 4.78 is 23.0. The molecule has 2 fully saturated rings. The number of pyridine rings is 1. The Bertz CT molecular complexity index is 1310. The van der Waals surface area contributed by atoms with E-state index in [4.69, 9.17) is 30.5 Å². The lowest BCUT2D eigenvalue weighted by Crippen LogP contribution is -2.41. The monoisotopic (exact) mass is 524 g/mol. The molecule has 3 aromatic rings. The van der Waals surface area contributed by atoms with Crippen molar-refractivity contribution in [3.8, 4) is 22.8 Å². The molecule has 1 saturated carbocycles. The van der Waals surface area contributed by atoms with E-state index in [-0.39, 0.29) is 24.0 Å². The van der Waals surface area contributed by atoms with Crippen LogP contribution in [0.25, 0.3) is 11.3 Å². The van der Waals surface area contributed by atoms with E-state index >= 15 is 0 Å². The Kier molecular flexibility index (Phi) is 6.67. The second-order valence-electron chi connectivity index (χ2n) is 9.48. The maximum atomic E-state index is 13.4. The van der Waals surface area contributed by atoms with Crippen molar-refractivity contribution in [2.75, 3.05) is 38.9 Å². The summed E-state index contributed by atoms with van der Waals surface area (Å²) in [6.45, 7) is 1.95. The van der Waals surface area contributed by atoms with Crippen molar-refractivity contribution in [2.24, 2.45) is 0 Å². The largest absolute Gasteiger partial charge is 0.493 e. The number of benzene rings is 1. The first kappa shape index (κ1) is 24.1. The van der Waals surface area contributed by atoms with E-state index in [0.29, 0.717) is 59.9 Å². The van der Waals surface area contributed by atoms with Gasteiger partial charge in [-0.3, -0.25) is 9.78 Å². The number of anilines is 2. The second kappa shape index (κ2) is 10.2. The van der Waals surface area contributed by atoms with Crippen LogP contribution in [0, 0.1) is 0 Å². The minimum atomic E-state index is -0.156. The van der Waals surface area contributed by atoms with Crippen molar-refractivity contribution < 1.29 is 23.7 Å². The van der Waals surface area contributed by atoms with E-state index in [0.717, 1.165) is 36.2 Å². The van der Waals surface area contributed by atoms with Crippen LogP contribution in [0.4, 0.5) is 11.4 Å². The van der Waals surface area contributed by atoms with E-state index in [1.807, 2.05) is 18.2 Å². The molecular formula is C27H29ClN4O5. The molecule has 2 aromatic heterocycles. The number of methoxy groups -OCH3 is 1. The summed E-state index contributed by atoms with van der Waals surface area (Å²) in [5.41, 5.74) is 4.37. The predicted octanol–water partition coefficient (Wildman–Crippen LogP) is 4.66. The van der Waals surface area contributed by atoms with Gasteiger partial charge in [0, 0.05) is 29.4 Å². The van der Waals surface area contributed by atoms with Gasteiger partial charge in [0.25, 0.3) is 5.91 Å². The normalized spacial score (nSPS) is 22.6. The van der Waals surface area contributed by atoms with Gasteiger partial charge in [-0.2, -0.15) is 0 Å². The van der Waals surface area contributed by atoms with Crippen molar-refractivity contribution in [3.05, 3.63) is 52.9 Å². The number of amides is 1. The van der Waals surface area contributed by atoms with Crippen molar-refractivity contribution in [1.29, 1.82) is 0 Å². The van der Waals surface area contributed by atoms with Gasteiger partial charge in [0.15, 0.2) is 5.75 Å². The Hall–Kier alpha value is -3.27. The van der Waals surface area contributed by atoms with Crippen LogP contribution in [0.1, 0.15) is 41.2 Å². The van der Waals surface area contributed by atoms with E-state index in [1.165, 1.54) is 0 Å². The minimum Gasteiger partial charge on any atom is -0.493 e. The summed E-state index contributed by atoms with van der Waals surface area (Å²) >= 11 is 6.41. The smallest absolute Gasteiger partial charge is 0.255 e. The number of nitrogens with one attached hydrogen (secondary N) is 3. The fourth-order valence-electron chi connectivity index (χ4n) is 5.55. The molecule has 1 aliphatic carbocycles. The van der Waals surface area contributed by atoms with Crippen molar-refractivity contribution in [1.82, 2.24) is 15.3 Å². The topological polar surface area (TPSA) is 107 Å². The number of aromatic nitrogens is 2. The number of hydrogen-bond donors (Lipinski definition) is 3. The molecule has 9 nitrogen and oxygen atoms in total. The zero-order valence-electron chi connectivity index (χ0n) is 20.5. The second-order valence-corrected chi connectivity index (χ2v) is 9.88. The quantitative estimate of drug-likeness (QED) is 0.413. The molecule has 0 unspecified atom stereocenters. The number of halogens is 1. The Balaban J connectivity index is 1.44. The number of nitrogens with zero attached hydrogens (tertiary/aromatic N) is 1.